The van der Waals surface area contributed by atoms with Crippen LogP contribution >= 0.6 is 0 Å². The summed E-state index contributed by atoms with van der Waals surface area (Å²) in [5.41, 5.74) is 0.540. The molecule has 1 unspecified atom stereocenters. The minimum atomic E-state index is -0.342. The molecule has 16 heavy (non-hydrogen) atoms. The fraction of sp³-hybridized carbons (Fsp3) is 0.600. The fourth-order valence-corrected chi connectivity index (χ4v) is 1.32. The molecule has 0 spiro atoms. The lowest BCUT2D eigenvalue weighted by Crippen LogP contribution is -2.38. The Kier molecular flexibility index (Phi) is 4.94. The Morgan fingerprint density at radius 1 is 1.75 bits per heavy atom. The minimum Gasteiger partial charge on any atom is -0.438 e. The monoisotopic (exact) mass is 228 g/mol. The number of rotatable bonds is 6. The molecule has 0 fully saturated rings. The Morgan fingerprint density at radius 3 is 3.00 bits per heavy atom. The third-order valence-electron chi connectivity index (χ3n) is 2.13. The van der Waals surface area contributed by atoms with Gasteiger partial charge in [0.15, 0.2) is 6.39 Å². The second-order valence-corrected chi connectivity index (χ2v) is 3.40. The summed E-state index contributed by atoms with van der Waals surface area (Å²) in [7, 11) is 1.54. The van der Waals surface area contributed by atoms with E-state index in [1.165, 1.54) is 13.5 Å². The first-order valence-corrected chi connectivity index (χ1v) is 4.99. The van der Waals surface area contributed by atoms with E-state index in [2.05, 4.69) is 10.3 Å². The number of aliphatic hydroxyl groups excluding tert-OH is 1. The maximum atomic E-state index is 11.7. The number of nitrogens with zero attached hydrogens (tertiary/aromatic N) is 1. The molecule has 0 aromatic carbocycles. The van der Waals surface area contributed by atoms with Crippen molar-refractivity contribution in [3.05, 3.63) is 17.8 Å². The molecule has 0 aliphatic rings. The van der Waals surface area contributed by atoms with Gasteiger partial charge < -0.3 is 19.6 Å². The zero-order valence-corrected chi connectivity index (χ0v) is 9.40. The number of methoxy groups -OCH3 is 1. The zero-order chi connectivity index (χ0) is 12.0. The van der Waals surface area contributed by atoms with Crippen LogP contribution in [0.2, 0.25) is 0 Å². The van der Waals surface area contributed by atoms with E-state index in [0.29, 0.717) is 18.7 Å². The van der Waals surface area contributed by atoms with Crippen molar-refractivity contribution in [1.82, 2.24) is 10.3 Å². The van der Waals surface area contributed by atoms with Crippen molar-refractivity contribution < 1.29 is 19.1 Å². The van der Waals surface area contributed by atoms with Crippen LogP contribution in [0.25, 0.3) is 0 Å². The highest BCUT2D eigenvalue weighted by Crippen LogP contribution is 2.05. The molecular weight excluding hydrogens is 212 g/mol. The number of carbonyl (C=O) groups is 1. The molecule has 0 saturated heterocycles. The van der Waals surface area contributed by atoms with E-state index in [9.17, 15) is 4.79 Å². The van der Waals surface area contributed by atoms with E-state index in [1.807, 2.05) is 0 Å². The summed E-state index contributed by atoms with van der Waals surface area (Å²) in [5, 5.41) is 11.5. The summed E-state index contributed by atoms with van der Waals surface area (Å²) in [6.07, 6.45) is 1.66. The van der Waals surface area contributed by atoms with E-state index >= 15 is 0 Å². The van der Waals surface area contributed by atoms with Crippen molar-refractivity contribution in [3.63, 3.8) is 0 Å². The maximum Gasteiger partial charge on any atom is 0.289 e. The van der Waals surface area contributed by atoms with Crippen molar-refractivity contribution in [2.45, 2.75) is 19.4 Å². The molecule has 1 aromatic rings. The van der Waals surface area contributed by atoms with Crippen LogP contribution in [0.4, 0.5) is 0 Å². The molecule has 1 amide bonds. The fourth-order valence-electron chi connectivity index (χ4n) is 1.32. The Balaban J connectivity index is 2.58. The first-order valence-electron chi connectivity index (χ1n) is 4.99. The molecule has 1 rings (SSSR count). The van der Waals surface area contributed by atoms with Gasteiger partial charge in [-0.25, -0.2) is 4.98 Å². The predicted molar refractivity (Wildman–Crippen MR) is 56.1 cm³/mol. The lowest BCUT2D eigenvalue weighted by Gasteiger charge is -2.15. The molecule has 6 heteroatoms. The van der Waals surface area contributed by atoms with E-state index in [4.69, 9.17) is 14.3 Å². The average Bonchev–Trinajstić information content (AvgIpc) is 2.65. The summed E-state index contributed by atoms with van der Waals surface area (Å²) in [6, 6.07) is -0.230. The number of aromatic nitrogens is 1. The molecule has 0 radical (unpaired) electrons. The molecular formula is C10H16N2O4. The van der Waals surface area contributed by atoms with Crippen LogP contribution in [-0.2, 0) is 4.74 Å². The predicted octanol–water partition coefficient (Wildman–Crippen LogP) is 0.110. The normalized spacial score (nSPS) is 12.4. The van der Waals surface area contributed by atoms with E-state index < -0.39 is 0 Å². The van der Waals surface area contributed by atoms with Gasteiger partial charge in [0.25, 0.3) is 5.91 Å². The largest absolute Gasteiger partial charge is 0.438 e. The summed E-state index contributed by atoms with van der Waals surface area (Å²) in [5.74, 6) is -0.149. The molecule has 2 N–H and O–H groups in total. The molecule has 6 nitrogen and oxygen atoms in total. The Hall–Kier alpha value is -1.40. The van der Waals surface area contributed by atoms with Gasteiger partial charge in [0.05, 0.1) is 18.3 Å². The van der Waals surface area contributed by atoms with Crippen LogP contribution in [0.3, 0.4) is 0 Å². The molecule has 1 heterocycles. The Morgan fingerprint density at radius 2 is 2.50 bits per heavy atom. The van der Waals surface area contributed by atoms with Crippen molar-refractivity contribution >= 4 is 5.91 Å². The Labute approximate surface area is 93.6 Å². The Bertz CT molecular complexity index is 331. The molecule has 1 aromatic heterocycles. The number of amides is 1. The van der Waals surface area contributed by atoms with Gasteiger partial charge in [0, 0.05) is 13.7 Å². The smallest absolute Gasteiger partial charge is 0.289 e. The molecule has 0 saturated carbocycles. The third kappa shape index (κ3) is 3.32. The quantitative estimate of drug-likeness (QED) is 0.722. The molecule has 0 bridgehead atoms. The summed E-state index contributed by atoms with van der Waals surface area (Å²) in [4.78, 5) is 15.5. The second kappa shape index (κ2) is 6.24. The van der Waals surface area contributed by atoms with Crippen LogP contribution in [-0.4, -0.2) is 42.4 Å². The van der Waals surface area contributed by atoms with Gasteiger partial charge in [-0.3, -0.25) is 4.79 Å². The standard InChI is InChI=1S/C10H16N2O4/c1-7-9(16-6-11-7)10(14)12-8(3-4-13)5-15-2/h6,8,13H,3-5H2,1-2H3,(H,12,14). The summed E-state index contributed by atoms with van der Waals surface area (Å²) in [6.45, 7) is 2.03. The van der Waals surface area contributed by atoms with E-state index in [1.54, 1.807) is 6.92 Å². The summed E-state index contributed by atoms with van der Waals surface area (Å²) >= 11 is 0. The summed E-state index contributed by atoms with van der Waals surface area (Å²) < 4.78 is 9.89. The van der Waals surface area contributed by atoms with E-state index in [-0.39, 0.29) is 24.3 Å². The van der Waals surface area contributed by atoms with Gasteiger partial charge in [-0.05, 0) is 13.3 Å². The number of carbonyl (C=O) groups excluding carboxylic acids is 1. The lowest BCUT2D eigenvalue weighted by molar-refractivity contribution is 0.0851. The van der Waals surface area contributed by atoms with Gasteiger partial charge in [-0.1, -0.05) is 0 Å². The third-order valence-corrected chi connectivity index (χ3v) is 2.13. The van der Waals surface area contributed by atoms with Crippen molar-refractivity contribution in [3.8, 4) is 0 Å². The molecule has 0 aliphatic heterocycles. The highest BCUT2D eigenvalue weighted by molar-refractivity contribution is 5.92. The van der Waals surface area contributed by atoms with Gasteiger partial charge in [-0.2, -0.15) is 0 Å². The number of aliphatic hydroxyl groups is 1. The van der Waals surface area contributed by atoms with Crippen LogP contribution in [0, 0.1) is 6.92 Å². The first-order chi connectivity index (χ1) is 7.69. The van der Waals surface area contributed by atoms with Crippen LogP contribution < -0.4 is 5.32 Å². The lowest BCUT2D eigenvalue weighted by atomic mass is 10.2. The van der Waals surface area contributed by atoms with Crippen molar-refractivity contribution in [1.29, 1.82) is 0 Å². The molecule has 90 valence electrons. The van der Waals surface area contributed by atoms with Crippen molar-refractivity contribution in [2.24, 2.45) is 0 Å². The number of ether oxygens (including phenoxy) is 1. The second-order valence-electron chi connectivity index (χ2n) is 3.40. The molecule has 1 atom stereocenters. The average molecular weight is 228 g/mol. The van der Waals surface area contributed by atoms with Gasteiger partial charge in [0.2, 0.25) is 5.76 Å². The number of oxazole rings is 1. The van der Waals surface area contributed by atoms with Gasteiger partial charge in [0.1, 0.15) is 0 Å². The van der Waals surface area contributed by atoms with Crippen LogP contribution in [0.1, 0.15) is 22.7 Å². The first kappa shape index (κ1) is 12.7. The minimum absolute atomic E-state index is 0.0102. The zero-order valence-electron chi connectivity index (χ0n) is 9.40. The highest BCUT2D eigenvalue weighted by atomic mass is 16.5. The van der Waals surface area contributed by atoms with Gasteiger partial charge >= 0.3 is 0 Å². The number of aryl methyl sites for hydroxylation is 1. The highest BCUT2D eigenvalue weighted by Gasteiger charge is 2.18. The topological polar surface area (TPSA) is 84.6 Å². The van der Waals surface area contributed by atoms with Gasteiger partial charge in [-0.15, -0.1) is 0 Å². The number of nitrogens with one attached hydrogen (secondary N) is 1. The van der Waals surface area contributed by atoms with Crippen molar-refractivity contribution in [2.75, 3.05) is 20.3 Å². The van der Waals surface area contributed by atoms with E-state index in [0.717, 1.165) is 0 Å². The van der Waals surface area contributed by atoms with Crippen LogP contribution in [0.5, 0.6) is 0 Å². The molecule has 0 aliphatic carbocycles. The number of hydrogen-bond donors (Lipinski definition) is 2. The maximum absolute atomic E-state index is 11.7. The number of hydrogen-bond acceptors (Lipinski definition) is 5. The van der Waals surface area contributed by atoms with Crippen LogP contribution in [0.15, 0.2) is 10.8 Å². The SMILES string of the molecule is COCC(CCO)NC(=O)c1ocnc1C.